The first-order valence-electron chi connectivity index (χ1n) is 23.2. The number of hydrogen-bond donors (Lipinski definition) is 6. The summed E-state index contributed by atoms with van der Waals surface area (Å²) in [5.41, 5.74) is 4.32. The molecule has 69 heavy (non-hydrogen) atoms. The monoisotopic (exact) mass is 954 g/mol. The van der Waals surface area contributed by atoms with Gasteiger partial charge < -0.3 is 78.0 Å². The van der Waals surface area contributed by atoms with Crippen molar-refractivity contribution in [3.63, 3.8) is 0 Å². The summed E-state index contributed by atoms with van der Waals surface area (Å²) in [4.78, 5) is 0. The Bertz CT molecular complexity index is 2200. The molecule has 370 valence electrons. The summed E-state index contributed by atoms with van der Waals surface area (Å²) >= 11 is 0. The first-order chi connectivity index (χ1) is 33.8. The third kappa shape index (κ3) is 13.5. The second-order valence-electron chi connectivity index (χ2n) is 17.2. The van der Waals surface area contributed by atoms with Gasteiger partial charge in [0.15, 0.2) is 18.9 Å². The van der Waals surface area contributed by atoms with Gasteiger partial charge in [0.25, 0.3) is 0 Å². The van der Waals surface area contributed by atoms with Gasteiger partial charge in [-0.1, -0.05) is 152 Å². The summed E-state index contributed by atoms with van der Waals surface area (Å²) < 4.78 is 64.1. The Kier molecular flexibility index (Phi) is 18.8. The lowest BCUT2D eigenvalue weighted by atomic mass is 9.97. The van der Waals surface area contributed by atoms with E-state index < -0.39 is 105 Å². The van der Waals surface area contributed by atoms with Crippen LogP contribution in [0.5, 0.6) is 0 Å². The molecule has 5 aromatic carbocycles. The fraction of sp³-hybridized carbons (Fsp3) is 0.434. The van der Waals surface area contributed by atoms with E-state index in [1.807, 2.05) is 152 Å². The first kappa shape index (κ1) is 50.8. The van der Waals surface area contributed by atoms with Crippen LogP contribution in [0.4, 0.5) is 0 Å². The topological polar surface area (TPSA) is 214 Å². The van der Waals surface area contributed by atoms with Crippen molar-refractivity contribution in [1.82, 2.24) is 0 Å². The maximum atomic E-state index is 12.1. The number of rotatable bonds is 23. The Morgan fingerprint density at radius 3 is 1.32 bits per heavy atom. The molecule has 0 aromatic heterocycles. The van der Waals surface area contributed by atoms with E-state index in [0.29, 0.717) is 0 Å². The molecular weight excluding hydrogens is 893 g/mol. The van der Waals surface area contributed by atoms with Crippen LogP contribution < -0.4 is 0 Å². The van der Waals surface area contributed by atoms with E-state index in [1.165, 1.54) is 0 Å². The Morgan fingerprint density at radius 1 is 0.406 bits per heavy atom. The highest BCUT2D eigenvalue weighted by Gasteiger charge is 2.56. The van der Waals surface area contributed by atoms with E-state index >= 15 is 0 Å². The number of hydrogen-bond acceptors (Lipinski definition) is 16. The molecule has 0 spiro atoms. The predicted octanol–water partition coefficient (Wildman–Crippen LogP) is 3.55. The van der Waals surface area contributed by atoms with Gasteiger partial charge >= 0.3 is 0 Å². The molecule has 8 rings (SSSR count). The molecule has 0 radical (unpaired) electrons. The van der Waals surface area contributed by atoms with Gasteiger partial charge in [0.1, 0.15) is 73.2 Å². The van der Waals surface area contributed by atoms with Crippen LogP contribution in [0.2, 0.25) is 0 Å². The summed E-state index contributed by atoms with van der Waals surface area (Å²) in [5, 5.41) is 66.6. The second kappa shape index (κ2) is 25.5. The lowest BCUT2D eigenvalue weighted by Crippen LogP contribution is -2.63. The third-order valence-corrected chi connectivity index (χ3v) is 12.3. The molecule has 0 amide bonds. The largest absolute Gasteiger partial charge is 0.394 e. The molecule has 3 aliphatic heterocycles. The van der Waals surface area contributed by atoms with Crippen LogP contribution in [0.1, 0.15) is 27.8 Å². The van der Waals surface area contributed by atoms with Crippen molar-refractivity contribution in [2.45, 2.75) is 125 Å². The molecule has 0 saturated carbocycles. The molecule has 16 heteroatoms. The average molecular weight is 955 g/mol. The van der Waals surface area contributed by atoms with Crippen LogP contribution in [0, 0.1) is 0 Å². The van der Waals surface area contributed by atoms with Gasteiger partial charge in [0, 0.05) is 0 Å². The second-order valence-corrected chi connectivity index (χ2v) is 17.2. The quantitative estimate of drug-likeness (QED) is 0.0553. The molecule has 0 bridgehead atoms. The summed E-state index contributed by atoms with van der Waals surface area (Å²) in [6.45, 7) is -0.781. The van der Waals surface area contributed by atoms with Gasteiger partial charge in [-0.25, -0.2) is 0 Å². The van der Waals surface area contributed by atoms with E-state index in [9.17, 15) is 30.6 Å². The van der Waals surface area contributed by atoms with Crippen LogP contribution in [0.3, 0.4) is 0 Å². The fourth-order valence-electron chi connectivity index (χ4n) is 8.62. The lowest BCUT2D eigenvalue weighted by molar-refractivity contribution is -0.343. The summed E-state index contributed by atoms with van der Waals surface area (Å²) in [6, 6.07) is 47.5. The smallest absolute Gasteiger partial charge is 0.187 e. The summed E-state index contributed by atoms with van der Waals surface area (Å²) in [6.07, 6.45) is -20.5. The van der Waals surface area contributed by atoms with Crippen molar-refractivity contribution in [1.29, 1.82) is 0 Å². The van der Waals surface area contributed by atoms with Crippen molar-refractivity contribution in [2.24, 2.45) is 0 Å². The Labute approximate surface area is 401 Å². The zero-order valence-corrected chi connectivity index (χ0v) is 38.0. The molecule has 15 atom stereocenters. The molecule has 5 aromatic rings. The summed E-state index contributed by atoms with van der Waals surface area (Å²) in [7, 11) is 0. The van der Waals surface area contributed by atoms with Gasteiger partial charge in [0.05, 0.1) is 52.9 Å². The normalized spacial score (nSPS) is 30.8. The van der Waals surface area contributed by atoms with Crippen molar-refractivity contribution >= 4 is 0 Å². The number of aliphatic hydroxyl groups is 6. The number of aliphatic hydroxyl groups excluding tert-OH is 6. The van der Waals surface area contributed by atoms with Crippen LogP contribution in [0.15, 0.2) is 152 Å². The maximum absolute atomic E-state index is 12.1. The van der Waals surface area contributed by atoms with E-state index in [-0.39, 0.29) is 39.6 Å². The van der Waals surface area contributed by atoms with E-state index in [1.54, 1.807) is 0 Å². The molecule has 3 fully saturated rings. The molecule has 16 nitrogen and oxygen atoms in total. The lowest BCUT2D eigenvalue weighted by Gasteiger charge is -2.47. The Balaban J connectivity index is 1.09. The summed E-state index contributed by atoms with van der Waals surface area (Å²) in [5.74, 6) is 0. The Hall–Kier alpha value is -4.54. The first-order valence-corrected chi connectivity index (χ1v) is 23.2. The van der Waals surface area contributed by atoms with Crippen LogP contribution in [-0.2, 0) is 80.4 Å². The fourth-order valence-corrected chi connectivity index (χ4v) is 8.62. The van der Waals surface area contributed by atoms with Crippen molar-refractivity contribution in [3.8, 4) is 0 Å². The van der Waals surface area contributed by atoms with Gasteiger partial charge in [0.2, 0.25) is 0 Å². The van der Waals surface area contributed by atoms with Crippen LogP contribution in [-0.4, -0.2) is 143 Å². The molecule has 0 unspecified atom stereocenters. The molecular formula is C53H62O16. The standard InChI is InChI=1S/C53H62O16/c54-26-39(56)45-48(44(59)52(67-45)68-47-42(57)40(27-55)65-51(43(47)58)64-32-38-24-14-5-15-25-38)69-53-50(63-31-37-22-12-4-13-23-37)49(62-30-36-20-10-3-11-21-36)46(61-29-35-18-8-2-9-19-35)41(66-53)33-60-28-34-16-6-1-7-17-34/h1-25,39-59H,26-33H2/t39-,40-,41-,42-,43+,44-,45+,46+,47+,48-,49+,50-,51+,52+,53-/m1/s1. The van der Waals surface area contributed by atoms with Gasteiger partial charge in [-0.05, 0) is 27.8 Å². The zero-order valence-electron chi connectivity index (χ0n) is 38.0. The molecule has 0 aliphatic carbocycles. The van der Waals surface area contributed by atoms with Gasteiger partial charge in [-0.15, -0.1) is 0 Å². The van der Waals surface area contributed by atoms with Gasteiger partial charge in [-0.3, -0.25) is 0 Å². The minimum atomic E-state index is -1.74. The highest BCUT2D eigenvalue weighted by molar-refractivity contribution is 5.17. The zero-order chi connectivity index (χ0) is 48.0. The van der Waals surface area contributed by atoms with Crippen molar-refractivity contribution in [3.05, 3.63) is 179 Å². The van der Waals surface area contributed by atoms with E-state index in [2.05, 4.69) is 0 Å². The highest BCUT2D eigenvalue weighted by Crippen LogP contribution is 2.37. The molecule has 3 aliphatic rings. The van der Waals surface area contributed by atoms with Gasteiger partial charge in [-0.2, -0.15) is 0 Å². The molecule has 3 saturated heterocycles. The third-order valence-electron chi connectivity index (χ3n) is 12.3. The Morgan fingerprint density at radius 2 is 0.826 bits per heavy atom. The number of benzene rings is 5. The molecule has 6 N–H and O–H groups in total. The maximum Gasteiger partial charge on any atom is 0.187 e. The number of ether oxygens (including phenoxy) is 10. The van der Waals surface area contributed by atoms with Crippen molar-refractivity contribution in [2.75, 3.05) is 19.8 Å². The van der Waals surface area contributed by atoms with Crippen LogP contribution >= 0.6 is 0 Å². The van der Waals surface area contributed by atoms with Crippen LogP contribution in [0.25, 0.3) is 0 Å². The molecule has 3 heterocycles. The minimum absolute atomic E-state index is 0.00201. The van der Waals surface area contributed by atoms with E-state index in [4.69, 9.17) is 47.4 Å². The highest BCUT2D eigenvalue weighted by atomic mass is 16.8. The average Bonchev–Trinajstić information content (AvgIpc) is 3.70. The SMILES string of the molecule is OC[C@@H](O)[C@@H]1O[C@@H](O[C@@H]2[C@H](O)[C@@H](OCc3ccccc3)O[C@H](CO)[C@H]2O)[C@H](O)[C@H]1O[C@H]1O[C@H](COCc2ccccc2)[C@H](OCc2ccccc2)[C@H](OCc2ccccc2)[C@H]1OCc1ccccc1. The predicted molar refractivity (Wildman–Crippen MR) is 246 cm³/mol. The van der Waals surface area contributed by atoms with Crippen molar-refractivity contribution < 1.29 is 78.0 Å². The minimum Gasteiger partial charge on any atom is -0.394 e. The van der Waals surface area contributed by atoms with E-state index in [0.717, 1.165) is 27.8 Å².